The van der Waals surface area contributed by atoms with E-state index in [2.05, 4.69) is 59.0 Å². The van der Waals surface area contributed by atoms with E-state index in [1.165, 1.54) is 7.05 Å². The van der Waals surface area contributed by atoms with Crippen LogP contribution in [0.4, 0.5) is 0 Å². The van der Waals surface area contributed by atoms with E-state index in [1.54, 1.807) is 0 Å². The van der Waals surface area contributed by atoms with Crippen LogP contribution in [0.1, 0.15) is 2.85 Å². The van der Waals surface area contributed by atoms with E-state index in [0.29, 0.717) is 0 Å². The van der Waals surface area contributed by atoms with Gasteiger partial charge in [-0.15, -0.1) is 0 Å². The Morgan fingerprint density at radius 2 is 1.25 bits per heavy atom. The van der Waals surface area contributed by atoms with Gasteiger partial charge in [0, 0.05) is 21.7 Å². The molecule has 0 saturated carbocycles. The van der Waals surface area contributed by atoms with Gasteiger partial charge in [0.05, 0.1) is 0 Å². The molecule has 0 aromatic heterocycles. The van der Waals surface area contributed by atoms with Gasteiger partial charge in [-0.05, 0) is 7.05 Å². The molecule has 0 radical (unpaired) electrons. The van der Waals surface area contributed by atoms with E-state index < -0.39 is 9.82 Å². The van der Waals surface area contributed by atoms with Gasteiger partial charge in [0.1, 0.15) is 0 Å². The van der Waals surface area contributed by atoms with Crippen molar-refractivity contribution >= 4 is 101 Å². The molecule has 0 heterocycles. The fourth-order valence-corrected chi connectivity index (χ4v) is 0. The molecule has 7 heteroatoms. The normalized spacial score (nSPS) is 5.25. The molecule has 0 fully saturated rings. The molecule has 0 aliphatic carbocycles. The van der Waals surface area contributed by atoms with Gasteiger partial charge in [-0.25, -0.2) is 0 Å². The third kappa shape index (κ3) is 43.8. The van der Waals surface area contributed by atoms with Crippen LogP contribution in [0.5, 0.6) is 0 Å². The van der Waals surface area contributed by atoms with Crippen molar-refractivity contribution in [3.8, 4) is 0 Å². The van der Waals surface area contributed by atoms with Crippen molar-refractivity contribution in [3.63, 3.8) is 0 Å². The molecule has 0 amide bonds. The molecule has 0 saturated heterocycles. The van der Waals surface area contributed by atoms with E-state index in [-0.39, 0.29) is 62.3 Å². The largest absolute Gasteiger partial charge is 0 e. The van der Waals surface area contributed by atoms with Crippen LogP contribution in [0, 0.1) is 0 Å². The molecule has 0 atom stereocenters. The molecule has 0 aromatic rings. The Balaban J connectivity index is -0.00000000625. The number of rotatable bonds is 0. The Labute approximate surface area is 134 Å². The van der Waals surface area contributed by atoms with Crippen LogP contribution in [-0.4, -0.2) is 54.6 Å². The van der Waals surface area contributed by atoms with Crippen molar-refractivity contribution in [2.75, 3.05) is 7.05 Å². The molecule has 0 aromatic carbocycles. The predicted octanol–water partition coefficient (Wildman–Crippen LogP) is 1.43. The molecule has 0 aliphatic heterocycles. The molecule has 0 aliphatic rings. The van der Waals surface area contributed by atoms with E-state index >= 15 is 0 Å². The van der Waals surface area contributed by atoms with E-state index in [1.807, 2.05) is 0 Å². The van der Waals surface area contributed by atoms with Gasteiger partial charge in [0.2, 0.25) is 0 Å². The van der Waals surface area contributed by atoms with Crippen molar-refractivity contribution in [2.24, 2.45) is 5.73 Å². The van der Waals surface area contributed by atoms with Crippen molar-refractivity contribution in [1.29, 1.82) is 0 Å². The van der Waals surface area contributed by atoms with Gasteiger partial charge in [-0.1, -0.05) is 0 Å². The van der Waals surface area contributed by atoms with Crippen LogP contribution in [0.15, 0.2) is 0 Å². The molecule has 8 heavy (non-hydrogen) atoms. The molecule has 0 bridgehead atoms. The van der Waals surface area contributed by atoms with E-state index in [0.717, 1.165) is 0 Å². The first-order valence-corrected chi connectivity index (χ1v) is 39.1. The second-order valence-corrected chi connectivity index (χ2v) is 97.7. The van der Waals surface area contributed by atoms with Crippen LogP contribution in [-0.2, 0) is 21.7 Å². The summed E-state index contributed by atoms with van der Waals surface area (Å²) < 4.78 is 0. The summed E-state index contributed by atoms with van der Waals surface area (Å²) in [6.07, 6.45) is 0. The molecule has 0 rings (SSSR count). The molecule has 1 nitrogen and oxygen atoms in total. The number of hydrogen-bond acceptors (Lipinski definition) is 1. The minimum atomic E-state index is -0.812. The maximum Gasteiger partial charge on any atom is 0 e. The van der Waals surface area contributed by atoms with Crippen molar-refractivity contribution in [3.05, 3.63) is 0 Å². The van der Waals surface area contributed by atoms with Crippen molar-refractivity contribution < 1.29 is 24.6 Å². The molecule has 0 spiro atoms. The van der Waals surface area contributed by atoms with Crippen LogP contribution in [0.25, 0.3) is 0 Å². The molecule has 0 unspecified atom stereocenters. The second-order valence-electron chi connectivity index (χ2n) is 0.247. The maximum atomic E-state index is 4.50. The zero-order valence-electron chi connectivity index (χ0n) is 6.50. The summed E-state index contributed by atoms with van der Waals surface area (Å²) in [5.41, 5.74) is 4.50. The quantitative estimate of drug-likeness (QED) is 0.299. The van der Waals surface area contributed by atoms with Crippen LogP contribution >= 0.6 is 53.3 Å². The van der Waals surface area contributed by atoms with Gasteiger partial charge in [-0.3, -0.25) is 0 Å². The van der Waals surface area contributed by atoms with Gasteiger partial charge in [-0.2, -0.15) is 0 Å². The molecular weight excluding hydrogens is 702 g/mol. The second kappa shape index (κ2) is 22.7. The minimum absolute atomic E-state index is 0. The van der Waals surface area contributed by atoms with Crippen LogP contribution in [0.3, 0.4) is 0 Å². The minimum Gasteiger partial charge on any atom is 0 e. The molecular formula is CH8CaI3NPbTi. The summed E-state index contributed by atoms with van der Waals surface area (Å²) in [5, 5.41) is 0. The van der Waals surface area contributed by atoms with E-state index in [9.17, 15) is 0 Å². The monoisotopic (exact) mass is 711 g/mol. The SMILES string of the molecule is CN.[Ca+2].[H-].[H-].[I][PbH]([I])[I].[Ti]. The van der Waals surface area contributed by atoms with Gasteiger partial charge < -0.3 is 8.59 Å². The summed E-state index contributed by atoms with van der Waals surface area (Å²) in [6.45, 7) is 0. The summed E-state index contributed by atoms with van der Waals surface area (Å²) >= 11 is 7.62. The average molecular weight is 710 g/mol. The van der Waals surface area contributed by atoms with Crippen LogP contribution < -0.4 is 5.73 Å². The predicted molar refractivity (Wildman–Crippen MR) is 67.3 cm³/mol. The topological polar surface area (TPSA) is 26.0 Å². The third-order valence-electron chi connectivity index (χ3n) is 0. The number of hydrogen-bond donors (Lipinski definition) is 1. The van der Waals surface area contributed by atoms with Crippen LogP contribution in [0.2, 0.25) is 0 Å². The zero-order chi connectivity index (χ0) is 5.58. The van der Waals surface area contributed by atoms with Gasteiger partial charge in [0.25, 0.3) is 0 Å². The Bertz CT molecular complexity index is 31.2. The molecule has 48 valence electrons. The fourth-order valence-electron chi connectivity index (χ4n) is 0. The van der Waals surface area contributed by atoms with Crippen molar-refractivity contribution in [2.45, 2.75) is 0 Å². The Hall–Kier alpha value is 5.05. The Kier molecular flexibility index (Phi) is 65.7. The first-order chi connectivity index (χ1) is 2.73. The Morgan fingerprint density at radius 3 is 1.25 bits per heavy atom. The summed E-state index contributed by atoms with van der Waals surface area (Å²) in [4.78, 5) is 0. The number of halogens is 3. The smallest absolute Gasteiger partial charge is 0 e. The first kappa shape index (κ1) is 23.1. The number of nitrogens with two attached hydrogens (primary N) is 1. The first-order valence-electron chi connectivity index (χ1n) is 1.23. The standard InChI is InChI=1S/CH5N.Ca.3HI.Pb.Ti.3H/c1-2;;;;;;;;;/h2H2,1H3;;3*1H;;;;;/q;+2;;;;+3;;;2*-1/p-3. The van der Waals surface area contributed by atoms with Gasteiger partial charge >= 0.3 is 101 Å². The fraction of sp³-hybridized carbons (Fsp3) is 1.00. The van der Waals surface area contributed by atoms with E-state index in [4.69, 9.17) is 0 Å². The Morgan fingerprint density at radius 1 is 1.25 bits per heavy atom. The van der Waals surface area contributed by atoms with Crippen molar-refractivity contribution in [1.82, 2.24) is 0 Å². The maximum absolute atomic E-state index is 4.50. The summed E-state index contributed by atoms with van der Waals surface area (Å²) in [6, 6.07) is 0. The molecule has 2 N–H and O–H groups in total. The average Bonchev–Trinajstić information content (AvgIpc) is 1.41. The summed E-state index contributed by atoms with van der Waals surface area (Å²) in [5.74, 6) is 0. The van der Waals surface area contributed by atoms with Gasteiger partial charge in [0.15, 0.2) is 0 Å². The zero-order valence-corrected chi connectivity index (χ0v) is 19.2. The summed E-state index contributed by atoms with van der Waals surface area (Å²) in [7, 11) is 0.688. The third-order valence-corrected chi connectivity index (χ3v) is 0.